The van der Waals surface area contributed by atoms with E-state index in [0.717, 1.165) is 25.2 Å². The third kappa shape index (κ3) is 7.49. The van der Waals surface area contributed by atoms with Crippen LogP contribution in [0.1, 0.15) is 72.1 Å². The quantitative estimate of drug-likeness (QED) is 0.818. The van der Waals surface area contributed by atoms with E-state index in [4.69, 9.17) is 5.11 Å². The predicted molar refractivity (Wildman–Crippen MR) is 84.0 cm³/mol. The standard InChI is InChI=1S/C9H17NO.C8H14O2/c1-7-4-3-5-9(6-7)10-8(2)11;1-6-3-2-4-7(5-6)8(9)10/h7,9H,3-6H2,1-2H3,(H,10,11);6-7H,2-5H2,1H3,(H,9,10)/t7-,9+;6-,7+/m11/s1. The second-order valence-electron chi connectivity index (χ2n) is 6.98. The Balaban J connectivity index is 0.000000211. The smallest absolute Gasteiger partial charge is 0.306 e. The average Bonchev–Trinajstić information content (AvgIpc) is 2.38. The van der Waals surface area contributed by atoms with E-state index in [1.54, 1.807) is 6.92 Å². The van der Waals surface area contributed by atoms with Crippen molar-refractivity contribution < 1.29 is 14.7 Å². The van der Waals surface area contributed by atoms with Crippen LogP contribution in [-0.4, -0.2) is 23.0 Å². The summed E-state index contributed by atoms with van der Waals surface area (Å²) >= 11 is 0. The maximum absolute atomic E-state index is 10.7. The van der Waals surface area contributed by atoms with Gasteiger partial charge in [0.1, 0.15) is 0 Å². The summed E-state index contributed by atoms with van der Waals surface area (Å²) in [5, 5.41) is 11.6. The lowest BCUT2D eigenvalue weighted by atomic mass is 9.83. The lowest BCUT2D eigenvalue weighted by Crippen LogP contribution is -2.36. The summed E-state index contributed by atoms with van der Waals surface area (Å²) in [7, 11) is 0. The Labute approximate surface area is 128 Å². The lowest BCUT2D eigenvalue weighted by Gasteiger charge is -2.26. The number of carboxylic acids is 1. The Morgan fingerprint density at radius 1 is 0.952 bits per heavy atom. The summed E-state index contributed by atoms with van der Waals surface area (Å²) in [6.45, 7) is 5.99. The van der Waals surface area contributed by atoms with Crippen LogP contribution in [0, 0.1) is 17.8 Å². The zero-order chi connectivity index (χ0) is 15.8. The molecule has 0 heterocycles. The van der Waals surface area contributed by atoms with E-state index in [-0.39, 0.29) is 11.8 Å². The van der Waals surface area contributed by atoms with Gasteiger partial charge in [0.15, 0.2) is 0 Å². The molecule has 0 radical (unpaired) electrons. The molecule has 0 aromatic heterocycles. The zero-order valence-corrected chi connectivity index (χ0v) is 13.7. The first-order valence-electron chi connectivity index (χ1n) is 8.38. The Morgan fingerprint density at radius 3 is 1.95 bits per heavy atom. The Morgan fingerprint density at radius 2 is 1.52 bits per heavy atom. The summed E-state index contributed by atoms with van der Waals surface area (Å²) in [5.41, 5.74) is 0. The Kier molecular flexibility index (Phi) is 7.76. The van der Waals surface area contributed by atoms with Crippen molar-refractivity contribution in [2.24, 2.45) is 17.8 Å². The number of nitrogens with one attached hydrogen (secondary N) is 1. The van der Waals surface area contributed by atoms with E-state index >= 15 is 0 Å². The molecule has 0 aromatic carbocycles. The maximum Gasteiger partial charge on any atom is 0.306 e. The molecular formula is C17H31NO3. The number of carbonyl (C=O) groups excluding carboxylic acids is 1. The van der Waals surface area contributed by atoms with Gasteiger partial charge in [0.2, 0.25) is 5.91 Å². The van der Waals surface area contributed by atoms with Gasteiger partial charge in [-0.05, 0) is 37.5 Å². The van der Waals surface area contributed by atoms with Crippen LogP contribution in [0.4, 0.5) is 0 Å². The van der Waals surface area contributed by atoms with Gasteiger partial charge in [-0.3, -0.25) is 9.59 Å². The molecule has 4 heteroatoms. The fourth-order valence-corrected chi connectivity index (χ4v) is 3.51. The second kappa shape index (κ2) is 9.06. The van der Waals surface area contributed by atoms with Gasteiger partial charge in [-0.2, -0.15) is 0 Å². The van der Waals surface area contributed by atoms with Gasteiger partial charge in [-0.1, -0.05) is 39.5 Å². The van der Waals surface area contributed by atoms with Crippen molar-refractivity contribution in [3.8, 4) is 0 Å². The fourth-order valence-electron chi connectivity index (χ4n) is 3.51. The van der Waals surface area contributed by atoms with Crippen LogP contribution in [0.2, 0.25) is 0 Å². The number of amides is 1. The van der Waals surface area contributed by atoms with Gasteiger partial charge in [0.25, 0.3) is 0 Å². The van der Waals surface area contributed by atoms with Crippen LogP contribution < -0.4 is 5.32 Å². The molecule has 0 spiro atoms. The highest BCUT2D eigenvalue weighted by molar-refractivity contribution is 5.73. The van der Waals surface area contributed by atoms with Crippen molar-refractivity contribution in [2.75, 3.05) is 0 Å². The highest BCUT2D eigenvalue weighted by atomic mass is 16.4. The number of hydrogen-bond donors (Lipinski definition) is 2. The fraction of sp³-hybridized carbons (Fsp3) is 0.882. The van der Waals surface area contributed by atoms with Gasteiger partial charge >= 0.3 is 5.97 Å². The minimum atomic E-state index is -0.605. The van der Waals surface area contributed by atoms with Crippen LogP contribution in [0.25, 0.3) is 0 Å². The molecule has 122 valence electrons. The molecule has 0 saturated heterocycles. The molecule has 2 aliphatic rings. The molecule has 0 bridgehead atoms. The molecular weight excluding hydrogens is 266 g/mol. The minimum Gasteiger partial charge on any atom is -0.481 e. The minimum absolute atomic E-state index is 0.0521. The Hall–Kier alpha value is -1.06. The highest BCUT2D eigenvalue weighted by Gasteiger charge is 2.24. The number of rotatable bonds is 2. The summed E-state index contributed by atoms with van der Waals surface area (Å²) in [6, 6.07) is 0.455. The molecule has 2 rings (SSSR count). The van der Waals surface area contributed by atoms with Gasteiger partial charge in [-0.15, -0.1) is 0 Å². The summed E-state index contributed by atoms with van der Waals surface area (Å²) < 4.78 is 0. The van der Waals surface area contributed by atoms with Crippen molar-refractivity contribution in [1.29, 1.82) is 0 Å². The molecule has 1 amide bonds. The van der Waals surface area contributed by atoms with Crippen molar-refractivity contribution in [3.63, 3.8) is 0 Å². The molecule has 0 unspecified atom stereocenters. The van der Waals surface area contributed by atoms with E-state index in [2.05, 4.69) is 19.2 Å². The second-order valence-corrected chi connectivity index (χ2v) is 6.98. The topological polar surface area (TPSA) is 66.4 Å². The van der Waals surface area contributed by atoms with E-state index in [9.17, 15) is 9.59 Å². The molecule has 2 saturated carbocycles. The molecule has 4 atom stereocenters. The van der Waals surface area contributed by atoms with E-state index < -0.39 is 5.97 Å². The summed E-state index contributed by atoms with van der Waals surface area (Å²) in [4.78, 5) is 21.2. The largest absolute Gasteiger partial charge is 0.481 e. The molecule has 0 aliphatic heterocycles. The van der Waals surface area contributed by atoms with E-state index in [0.29, 0.717) is 12.0 Å². The first-order valence-corrected chi connectivity index (χ1v) is 8.38. The third-order valence-corrected chi connectivity index (χ3v) is 4.63. The summed E-state index contributed by atoms with van der Waals surface area (Å²) in [6.07, 6.45) is 9.02. The van der Waals surface area contributed by atoms with Gasteiger partial charge in [-0.25, -0.2) is 0 Å². The SMILES string of the molecule is CC(=O)N[C@H]1CCC[C@@H](C)C1.C[C@@H]1CCC[C@H](C(=O)O)C1. The predicted octanol–water partition coefficient (Wildman–Crippen LogP) is 3.60. The van der Waals surface area contributed by atoms with Gasteiger partial charge < -0.3 is 10.4 Å². The molecule has 2 fully saturated rings. The van der Waals surface area contributed by atoms with Crippen molar-refractivity contribution in [3.05, 3.63) is 0 Å². The number of carbonyl (C=O) groups is 2. The van der Waals surface area contributed by atoms with Crippen molar-refractivity contribution >= 4 is 11.9 Å². The Bertz CT molecular complexity index is 343. The van der Waals surface area contributed by atoms with Crippen LogP contribution in [0.3, 0.4) is 0 Å². The van der Waals surface area contributed by atoms with Crippen LogP contribution in [0.15, 0.2) is 0 Å². The molecule has 0 aromatic rings. The maximum atomic E-state index is 10.7. The molecule has 2 aliphatic carbocycles. The average molecular weight is 297 g/mol. The highest BCUT2D eigenvalue weighted by Crippen LogP contribution is 2.28. The normalized spacial score (nSPS) is 32.5. The lowest BCUT2D eigenvalue weighted by molar-refractivity contribution is -0.143. The molecule has 21 heavy (non-hydrogen) atoms. The zero-order valence-electron chi connectivity index (χ0n) is 13.7. The van der Waals surface area contributed by atoms with E-state index in [1.165, 1.54) is 32.1 Å². The monoisotopic (exact) mass is 297 g/mol. The number of aliphatic carboxylic acids is 1. The first kappa shape index (κ1) is 18.0. The van der Waals surface area contributed by atoms with Crippen molar-refractivity contribution in [2.45, 2.75) is 78.2 Å². The summed E-state index contributed by atoms with van der Waals surface area (Å²) in [5.74, 6) is 0.870. The van der Waals surface area contributed by atoms with E-state index in [1.807, 2.05) is 0 Å². The number of carboxylic acid groups (broad SMARTS) is 1. The van der Waals surface area contributed by atoms with Crippen LogP contribution in [-0.2, 0) is 9.59 Å². The molecule has 2 N–H and O–H groups in total. The van der Waals surface area contributed by atoms with Gasteiger partial charge in [0, 0.05) is 13.0 Å². The van der Waals surface area contributed by atoms with Gasteiger partial charge in [0.05, 0.1) is 5.92 Å². The third-order valence-electron chi connectivity index (χ3n) is 4.63. The van der Waals surface area contributed by atoms with Crippen molar-refractivity contribution in [1.82, 2.24) is 5.32 Å². The molecule has 4 nitrogen and oxygen atoms in total. The van der Waals surface area contributed by atoms with Crippen LogP contribution in [0.5, 0.6) is 0 Å². The number of hydrogen-bond acceptors (Lipinski definition) is 2. The first-order chi connectivity index (χ1) is 9.88. The van der Waals surface area contributed by atoms with Crippen LogP contribution >= 0.6 is 0 Å².